The molecule has 1 saturated heterocycles. The molecule has 2 aromatic rings. The Bertz CT molecular complexity index is 924. The van der Waals surface area contributed by atoms with Crippen LogP contribution < -0.4 is 9.47 Å². The molecule has 0 N–H and O–H groups in total. The topological polar surface area (TPSA) is 38.8 Å². The second-order valence-corrected chi connectivity index (χ2v) is 8.19. The summed E-state index contributed by atoms with van der Waals surface area (Å²) in [5.74, 6) is 1.54. The van der Waals surface area contributed by atoms with E-state index in [1.165, 1.54) is 27.8 Å². The number of thiocarbonyl (C=S) groups is 1. The van der Waals surface area contributed by atoms with Crippen molar-refractivity contribution in [3.8, 4) is 11.5 Å². The Morgan fingerprint density at radius 1 is 1.11 bits per heavy atom. The lowest BCUT2D eigenvalue weighted by Gasteiger charge is -2.10. The Morgan fingerprint density at radius 3 is 2.54 bits per heavy atom. The number of rotatable bonds is 7. The highest BCUT2D eigenvalue weighted by Gasteiger charge is 2.28. The quantitative estimate of drug-likeness (QED) is 0.369. The second-order valence-electron chi connectivity index (χ2n) is 6.52. The Labute approximate surface area is 175 Å². The second kappa shape index (κ2) is 9.26. The monoisotopic (exact) mass is 413 g/mol. The third-order valence-corrected chi connectivity index (χ3v) is 5.77. The average Bonchev–Trinajstić information content (AvgIpc) is 2.92. The third-order valence-electron chi connectivity index (χ3n) is 4.28. The van der Waals surface area contributed by atoms with Crippen molar-refractivity contribution in [3.63, 3.8) is 0 Å². The van der Waals surface area contributed by atoms with Gasteiger partial charge in [0.2, 0.25) is 0 Å². The lowest BCUT2D eigenvalue weighted by atomic mass is 10.1. The van der Waals surface area contributed by atoms with Gasteiger partial charge in [0.25, 0.3) is 5.91 Å². The minimum absolute atomic E-state index is 0.0701. The number of benzene rings is 2. The van der Waals surface area contributed by atoms with Crippen LogP contribution in [0.5, 0.6) is 11.5 Å². The van der Waals surface area contributed by atoms with Crippen molar-refractivity contribution < 1.29 is 14.3 Å². The molecule has 0 radical (unpaired) electrons. The zero-order valence-corrected chi connectivity index (χ0v) is 17.9. The fourth-order valence-corrected chi connectivity index (χ4v) is 4.00. The van der Waals surface area contributed by atoms with Gasteiger partial charge in [0.1, 0.15) is 29.0 Å². The van der Waals surface area contributed by atoms with Crippen LogP contribution in [0.4, 0.5) is 0 Å². The number of carbonyl (C=O) groups is 1. The number of amides is 1. The summed E-state index contributed by atoms with van der Waals surface area (Å²) in [6, 6.07) is 13.9. The van der Waals surface area contributed by atoms with Gasteiger partial charge in [0, 0.05) is 7.05 Å². The first kappa shape index (κ1) is 20.4. The smallest absolute Gasteiger partial charge is 0.265 e. The first-order valence-electron chi connectivity index (χ1n) is 9.14. The summed E-state index contributed by atoms with van der Waals surface area (Å²) >= 11 is 6.47. The van der Waals surface area contributed by atoms with Crippen LogP contribution in [-0.4, -0.2) is 35.4 Å². The van der Waals surface area contributed by atoms with Crippen LogP contribution in [0.3, 0.4) is 0 Å². The molecule has 0 saturated carbocycles. The minimum atomic E-state index is -0.0701. The summed E-state index contributed by atoms with van der Waals surface area (Å²) in [6.07, 6.45) is 2.82. The summed E-state index contributed by atoms with van der Waals surface area (Å²) in [5, 5.41) is 0. The van der Waals surface area contributed by atoms with Gasteiger partial charge < -0.3 is 9.47 Å². The molecule has 4 nitrogen and oxygen atoms in total. The maximum Gasteiger partial charge on any atom is 0.265 e. The molecule has 0 bridgehead atoms. The van der Waals surface area contributed by atoms with E-state index in [2.05, 4.69) is 26.0 Å². The Kier molecular flexibility index (Phi) is 6.75. The molecule has 0 aliphatic carbocycles. The van der Waals surface area contributed by atoms with Gasteiger partial charge in [-0.2, -0.15) is 0 Å². The van der Waals surface area contributed by atoms with Crippen molar-refractivity contribution in [3.05, 3.63) is 64.1 Å². The lowest BCUT2D eigenvalue weighted by Crippen LogP contribution is -2.22. The molecule has 0 atom stereocenters. The van der Waals surface area contributed by atoms with E-state index in [1.807, 2.05) is 36.4 Å². The zero-order valence-electron chi connectivity index (χ0n) is 16.2. The molecule has 2 aromatic carbocycles. The van der Waals surface area contributed by atoms with Gasteiger partial charge >= 0.3 is 0 Å². The first-order valence-corrected chi connectivity index (χ1v) is 10.4. The molecular weight excluding hydrogens is 390 g/mol. The van der Waals surface area contributed by atoms with Gasteiger partial charge in [0.15, 0.2) is 0 Å². The minimum Gasteiger partial charge on any atom is -0.490 e. The van der Waals surface area contributed by atoms with Crippen molar-refractivity contribution >= 4 is 40.3 Å². The molecule has 1 aliphatic heterocycles. The Hall–Kier alpha value is -2.31. The molecule has 1 fully saturated rings. The maximum atomic E-state index is 12.1. The molecule has 1 amide bonds. The van der Waals surface area contributed by atoms with Crippen molar-refractivity contribution in [1.29, 1.82) is 0 Å². The van der Waals surface area contributed by atoms with Gasteiger partial charge in [-0.15, -0.1) is 0 Å². The van der Waals surface area contributed by atoms with Gasteiger partial charge in [-0.1, -0.05) is 49.1 Å². The largest absolute Gasteiger partial charge is 0.490 e. The standard InChI is InChI=1S/C22H23NO3S2/c1-4-16-10-15(2)11-19(12-16)26-9-8-25-18-7-5-6-17(13-18)14-20-21(24)23(3)22(27)28-20/h5-7,10-14H,4,8-9H2,1-3H3/b20-14+. The summed E-state index contributed by atoms with van der Waals surface area (Å²) in [6.45, 7) is 5.11. The fourth-order valence-electron chi connectivity index (χ4n) is 2.82. The molecule has 28 heavy (non-hydrogen) atoms. The summed E-state index contributed by atoms with van der Waals surface area (Å²) in [7, 11) is 1.69. The number of hydrogen-bond acceptors (Lipinski definition) is 5. The Balaban J connectivity index is 1.56. The number of likely N-dealkylation sites (N-methyl/N-ethyl adjacent to an activating group) is 1. The van der Waals surface area contributed by atoms with Crippen molar-refractivity contribution in [2.45, 2.75) is 20.3 Å². The first-order chi connectivity index (χ1) is 13.5. The van der Waals surface area contributed by atoms with Crippen LogP contribution in [0.1, 0.15) is 23.6 Å². The van der Waals surface area contributed by atoms with E-state index < -0.39 is 0 Å². The number of hydrogen-bond donors (Lipinski definition) is 0. The summed E-state index contributed by atoms with van der Waals surface area (Å²) in [4.78, 5) is 14.2. The van der Waals surface area contributed by atoms with E-state index in [1.54, 1.807) is 7.05 Å². The Morgan fingerprint density at radius 2 is 1.86 bits per heavy atom. The average molecular weight is 414 g/mol. The van der Waals surface area contributed by atoms with Crippen LogP contribution in [0, 0.1) is 6.92 Å². The van der Waals surface area contributed by atoms with E-state index in [9.17, 15) is 4.79 Å². The molecule has 3 rings (SSSR count). The van der Waals surface area contributed by atoms with Crippen molar-refractivity contribution in [2.24, 2.45) is 0 Å². The number of carbonyl (C=O) groups excluding carboxylic acids is 1. The van der Waals surface area contributed by atoms with E-state index in [-0.39, 0.29) is 5.91 Å². The molecule has 1 aliphatic rings. The van der Waals surface area contributed by atoms with Crippen molar-refractivity contribution in [1.82, 2.24) is 4.90 Å². The molecule has 146 valence electrons. The fraction of sp³-hybridized carbons (Fsp3) is 0.273. The highest BCUT2D eigenvalue weighted by molar-refractivity contribution is 8.26. The normalized spacial score (nSPS) is 15.4. The van der Waals surface area contributed by atoms with E-state index >= 15 is 0 Å². The molecule has 1 heterocycles. The molecule has 6 heteroatoms. The van der Waals surface area contributed by atoms with Crippen molar-refractivity contribution in [2.75, 3.05) is 20.3 Å². The van der Waals surface area contributed by atoms with E-state index in [0.717, 1.165) is 23.5 Å². The number of nitrogens with zero attached hydrogens (tertiary/aromatic N) is 1. The van der Waals surface area contributed by atoms with E-state index in [0.29, 0.717) is 22.4 Å². The van der Waals surface area contributed by atoms with E-state index in [4.69, 9.17) is 21.7 Å². The lowest BCUT2D eigenvalue weighted by molar-refractivity contribution is -0.121. The maximum absolute atomic E-state index is 12.1. The zero-order chi connectivity index (χ0) is 20.1. The summed E-state index contributed by atoms with van der Waals surface area (Å²) < 4.78 is 12.2. The highest BCUT2D eigenvalue weighted by Crippen LogP contribution is 2.31. The van der Waals surface area contributed by atoms with Gasteiger partial charge in [-0.3, -0.25) is 9.69 Å². The van der Waals surface area contributed by atoms with Crippen LogP contribution >= 0.6 is 24.0 Å². The third kappa shape index (κ3) is 5.14. The summed E-state index contributed by atoms with van der Waals surface area (Å²) in [5.41, 5.74) is 3.36. The van der Waals surface area contributed by atoms with Gasteiger partial charge in [-0.25, -0.2) is 0 Å². The van der Waals surface area contributed by atoms with Crippen LogP contribution in [-0.2, 0) is 11.2 Å². The van der Waals surface area contributed by atoms with Crippen LogP contribution in [0.25, 0.3) is 6.08 Å². The van der Waals surface area contributed by atoms with Crippen LogP contribution in [0.2, 0.25) is 0 Å². The number of aryl methyl sites for hydroxylation is 2. The number of thioether (sulfide) groups is 1. The predicted octanol–water partition coefficient (Wildman–Crippen LogP) is 4.85. The predicted molar refractivity (Wildman–Crippen MR) is 119 cm³/mol. The molecule has 0 unspecified atom stereocenters. The molecule has 0 aromatic heterocycles. The molecule has 0 spiro atoms. The van der Waals surface area contributed by atoms with Crippen LogP contribution in [0.15, 0.2) is 47.4 Å². The SMILES string of the molecule is CCc1cc(C)cc(OCCOc2cccc(/C=C3/SC(=S)N(C)C3=O)c2)c1. The van der Waals surface area contributed by atoms with Gasteiger partial charge in [-0.05, 0) is 60.4 Å². The molecular formula is C22H23NO3S2. The number of ether oxygens (including phenoxy) is 2. The van der Waals surface area contributed by atoms with Gasteiger partial charge in [0.05, 0.1) is 4.91 Å². The highest BCUT2D eigenvalue weighted by atomic mass is 32.2.